The molecular formula is C13H15N3O4. The van der Waals surface area contributed by atoms with E-state index in [0.717, 1.165) is 0 Å². The number of nitrogens with one attached hydrogen (secondary N) is 1. The van der Waals surface area contributed by atoms with Crippen molar-refractivity contribution in [2.75, 3.05) is 5.48 Å². The Bertz CT molecular complexity index is 526. The van der Waals surface area contributed by atoms with Crippen LogP contribution in [0, 0.1) is 9.81 Å². The monoisotopic (exact) mass is 277 g/mol. The van der Waals surface area contributed by atoms with Crippen molar-refractivity contribution in [3.8, 4) is 5.75 Å². The van der Waals surface area contributed by atoms with Crippen molar-refractivity contribution in [2.45, 2.75) is 7.43 Å². The van der Waals surface area contributed by atoms with Gasteiger partial charge in [0.1, 0.15) is 17.1 Å². The number of hydrogen-bond acceptors (Lipinski definition) is 7. The van der Waals surface area contributed by atoms with Crippen LogP contribution < -0.4 is 5.48 Å². The van der Waals surface area contributed by atoms with Gasteiger partial charge < -0.3 is 5.11 Å². The van der Waals surface area contributed by atoms with Gasteiger partial charge >= 0.3 is 0 Å². The van der Waals surface area contributed by atoms with E-state index in [0.29, 0.717) is 17.1 Å². The molecule has 0 heterocycles. The van der Waals surface area contributed by atoms with Gasteiger partial charge in [-0.1, -0.05) is 7.43 Å². The van der Waals surface area contributed by atoms with Gasteiger partial charge in [0.25, 0.3) is 0 Å². The number of phenolic OH excluding ortho intramolecular Hbond substituents is 1. The number of aromatic hydroxyl groups is 1. The van der Waals surface area contributed by atoms with E-state index in [1.54, 1.807) is 12.1 Å². The van der Waals surface area contributed by atoms with Crippen molar-refractivity contribution in [1.82, 2.24) is 0 Å². The lowest BCUT2D eigenvalue weighted by molar-refractivity contribution is 0.389. The second-order valence-corrected chi connectivity index (χ2v) is 3.36. The van der Waals surface area contributed by atoms with E-state index in [1.807, 2.05) is 5.48 Å². The highest BCUT2D eigenvalue weighted by Gasteiger charge is 1.90. The first-order chi connectivity index (χ1) is 9.19. The smallest absolute Gasteiger partial charge is 0.115 e. The Kier molecular flexibility index (Phi) is 7.89. The third-order valence-corrected chi connectivity index (χ3v) is 2.06. The summed E-state index contributed by atoms with van der Waals surface area (Å²) < 4.78 is 0. The van der Waals surface area contributed by atoms with Crippen LogP contribution in [0.2, 0.25) is 0 Å². The van der Waals surface area contributed by atoms with Gasteiger partial charge in [-0.3, -0.25) is 10.7 Å². The molecule has 0 aromatic heterocycles. The molecule has 7 nitrogen and oxygen atoms in total. The summed E-state index contributed by atoms with van der Waals surface area (Å²) in [6, 6.07) is 11.8. The lowest BCUT2D eigenvalue weighted by Gasteiger charge is -1.95. The molecule has 0 aliphatic heterocycles. The standard InChI is InChI=1S/C6H6N2O2.C6H5NO2.CH4/c9-7-5-1-2-6(8-10)4-3-5;8-6-3-1-5(7-9)2-4-6;/h1-4,7,9H;1-4,8H;1H4. The number of rotatable bonds is 3. The van der Waals surface area contributed by atoms with Crippen LogP contribution >= 0.6 is 0 Å². The minimum Gasteiger partial charge on any atom is -0.508 e. The molecule has 2 aromatic rings. The molecule has 106 valence electrons. The lowest BCUT2D eigenvalue weighted by Crippen LogP contribution is -1.86. The third-order valence-electron chi connectivity index (χ3n) is 2.06. The van der Waals surface area contributed by atoms with Gasteiger partial charge in [-0.15, -0.1) is 9.81 Å². The molecule has 0 aliphatic rings. The molecule has 0 amide bonds. The van der Waals surface area contributed by atoms with E-state index >= 15 is 0 Å². The van der Waals surface area contributed by atoms with Crippen molar-refractivity contribution in [3.63, 3.8) is 0 Å². The normalized spacial score (nSPS) is 8.45. The highest BCUT2D eigenvalue weighted by molar-refractivity contribution is 5.49. The summed E-state index contributed by atoms with van der Waals surface area (Å²) in [5, 5.41) is 22.4. The molecule has 0 fully saturated rings. The fourth-order valence-corrected chi connectivity index (χ4v) is 1.11. The summed E-state index contributed by atoms with van der Waals surface area (Å²) in [4.78, 5) is 19.7. The molecule has 0 aliphatic carbocycles. The molecule has 7 heteroatoms. The molecule has 0 unspecified atom stereocenters. The zero-order valence-corrected chi connectivity index (χ0v) is 9.72. The van der Waals surface area contributed by atoms with Crippen LogP contribution in [-0.2, 0) is 0 Å². The maximum Gasteiger partial charge on any atom is 0.115 e. The van der Waals surface area contributed by atoms with E-state index < -0.39 is 0 Å². The topological polar surface area (TPSA) is 111 Å². The zero-order chi connectivity index (χ0) is 14.1. The lowest BCUT2D eigenvalue weighted by atomic mass is 10.3. The number of benzene rings is 2. The molecule has 0 saturated heterocycles. The molecule has 0 atom stereocenters. The number of anilines is 1. The summed E-state index contributed by atoms with van der Waals surface area (Å²) in [7, 11) is 0. The predicted octanol–water partition coefficient (Wildman–Crippen LogP) is 4.31. The summed E-state index contributed by atoms with van der Waals surface area (Å²) in [5.41, 5.74) is 3.14. The van der Waals surface area contributed by atoms with Crippen molar-refractivity contribution < 1.29 is 10.3 Å². The van der Waals surface area contributed by atoms with E-state index in [1.165, 1.54) is 36.4 Å². The summed E-state index contributed by atoms with van der Waals surface area (Å²) >= 11 is 0. The highest BCUT2D eigenvalue weighted by atomic mass is 16.5. The van der Waals surface area contributed by atoms with E-state index in [4.69, 9.17) is 10.3 Å². The zero-order valence-electron chi connectivity index (χ0n) is 9.72. The minimum atomic E-state index is 0. The molecule has 0 bridgehead atoms. The molecule has 2 rings (SSSR count). The molecule has 0 saturated carbocycles. The first-order valence-electron chi connectivity index (χ1n) is 5.15. The number of phenols is 1. The Morgan fingerprint density at radius 1 is 0.800 bits per heavy atom. The average molecular weight is 277 g/mol. The minimum absolute atomic E-state index is 0. The van der Waals surface area contributed by atoms with Crippen LogP contribution in [-0.4, -0.2) is 10.3 Å². The number of nitrogens with zero attached hydrogens (tertiary/aromatic N) is 2. The second kappa shape index (κ2) is 9.17. The highest BCUT2D eigenvalue weighted by Crippen LogP contribution is 2.15. The van der Waals surface area contributed by atoms with E-state index in [2.05, 4.69) is 10.4 Å². The fraction of sp³-hybridized carbons (Fsp3) is 0.0769. The first kappa shape index (κ1) is 17.2. The third kappa shape index (κ3) is 5.69. The molecule has 3 N–H and O–H groups in total. The second-order valence-electron chi connectivity index (χ2n) is 3.36. The number of nitroso groups, excluding NO2 is 2. The fourth-order valence-electron chi connectivity index (χ4n) is 1.11. The first-order valence-corrected chi connectivity index (χ1v) is 5.15. The Balaban J connectivity index is 0.000000345. The van der Waals surface area contributed by atoms with Crippen molar-refractivity contribution in [3.05, 3.63) is 58.3 Å². The SMILES string of the molecule is C.O=Nc1ccc(NO)cc1.O=Nc1ccc(O)cc1. The van der Waals surface area contributed by atoms with E-state index in [-0.39, 0.29) is 13.2 Å². The molecule has 0 spiro atoms. The number of hydrogen-bond donors (Lipinski definition) is 3. The van der Waals surface area contributed by atoms with Crippen molar-refractivity contribution >= 4 is 17.1 Å². The average Bonchev–Trinajstić information content (AvgIpc) is 2.49. The van der Waals surface area contributed by atoms with Crippen LogP contribution in [0.3, 0.4) is 0 Å². The van der Waals surface area contributed by atoms with Gasteiger partial charge in [-0.2, -0.15) is 0 Å². The molecule has 0 radical (unpaired) electrons. The maximum atomic E-state index is 9.87. The van der Waals surface area contributed by atoms with Gasteiger partial charge in [0.15, 0.2) is 0 Å². The van der Waals surface area contributed by atoms with Gasteiger partial charge in [-0.05, 0) is 58.9 Å². The van der Waals surface area contributed by atoms with Gasteiger partial charge in [0.05, 0.1) is 5.69 Å². The summed E-state index contributed by atoms with van der Waals surface area (Å²) in [5.74, 6) is 0.141. The van der Waals surface area contributed by atoms with Crippen LogP contribution in [0.1, 0.15) is 7.43 Å². The van der Waals surface area contributed by atoms with Crippen LogP contribution in [0.25, 0.3) is 0 Å². The Morgan fingerprint density at radius 3 is 1.55 bits per heavy atom. The van der Waals surface area contributed by atoms with Crippen LogP contribution in [0.15, 0.2) is 58.9 Å². The van der Waals surface area contributed by atoms with Gasteiger partial charge in [0.2, 0.25) is 0 Å². The largest absolute Gasteiger partial charge is 0.508 e. The molecule has 2 aromatic carbocycles. The molecular weight excluding hydrogens is 262 g/mol. The van der Waals surface area contributed by atoms with Crippen molar-refractivity contribution in [2.24, 2.45) is 10.4 Å². The van der Waals surface area contributed by atoms with E-state index in [9.17, 15) is 9.81 Å². The quantitative estimate of drug-likeness (QED) is 0.571. The van der Waals surface area contributed by atoms with Gasteiger partial charge in [0, 0.05) is 0 Å². The predicted molar refractivity (Wildman–Crippen MR) is 77.6 cm³/mol. The summed E-state index contributed by atoms with van der Waals surface area (Å²) in [6.07, 6.45) is 0. The van der Waals surface area contributed by atoms with Crippen LogP contribution in [0.5, 0.6) is 5.75 Å². The van der Waals surface area contributed by atoms with Gasteiger partial charge in [-0.25, -0.2) is 0 Å². The summed E-state index contributed by atoms with van der Waals surface area (Å²) in [6.45, 7) is 0. The Morgan fingerprint density at radius 2 is 1.20 bits per heavy atom. The van der Waals surface area contributed by atoms with Crippen LogP contribution in [0.4, 0.5) is 17.1 Å². The Labute approximate surface area is 115 Å². The maximum absolute atomic E-state index is 9.87. The molecule has 20 heavy (non-hydrogen) atoms. The Hall–Kier alpha value is -2.80. The van der Waals surface area contributed by atoms with Crippen molar-refractivity contribution in [1.29, 1.82) is 0 Å².